The number of amides is 1. The van der Waals surface area contributed by atoms with Crippen molar-refractivity contribution in [1.29, 1.82) is 0 Å². The first kappa shape index (κ1) is 15.7. The van der Waals surface area contributed by atoms with Crippen molar-refractivity contribution >= 4 is 23.0 Å². The van der Waals surface area contributed by atoms with Crippen LogP contribution in [0, 0.1) is 0 Å². The maximum atomic E-state index is 12.6. The zero-order valence-electron chi connectivity index (χ0n) is 15.5. The van der Waals surface area contributed by atoms with Crippen molar-refractivity contribution in [3.05, 3.63) is 53.6 Å². The summed E-state index contributed by atoms with van der Waals surface area (Å²) >= 11 is 0. The average molecular weight is 347 g/mol. The Balaban J connectivity index is 1.48. The van der Waals surface area contributed by atoms with Crippen LogP contribution >= 0.6 is 0 Å². The topological polar surface area (TPSA) is 26.8 Å². The minimum absolute atomic E-state index is 0.0669. The van der Waals surface area contributed by atoms with Crippen LogP contribution in [0.2, 0.25) is 0 Å². The van der Waals surface area contributed by atoms with Crippen molar-refractivity contribution in [1.82, 2.24) is 0 Å². The maximum absolute atomic E-state index is 12.6. The van der Waals surface area contributed by atoms with Crippen LogP contribution in [0.1, 0.15) is 30.9 Å². The second-order valence-corrected chi connectivity index (χ2v) is 7.84. The Kier molecular flexibility index (Phi) is 3.49. The lowest BCUT2D eigenvalue weighted by molar-refractivity contribution is -0.119. The number of nitrogens with zero attached hydrogens (tertiary/aromatic N) is 3. The minimum atomic E-state index is -0.0669. The Morgan fingerprint density at radius 2 is 1.85 bits per heavy atom. The van der Waals surface area contributed by atoms with E-state index in [0.717, 1.165) is 25.2 Å². The van der Waals surface area contributed by atoms with E-state index in [0.29, 0.717) is 6.04 Å². The van der Waals surface area contributed by atoms with Crippen LogP contribution in [-0.4, -0.2) is 31.6 Å². The number of para-hydroxylation sites is 1. The van der Waals surface area contributed by atoms with Crippen LogP contribution in [0.15, 0.2) is 42.5 Å². The summed E-state index contributed by atoms with van der Waals surface area (Å²) in [6.07, 6.45) is 3.53. The van der Waals surface area contributed by atoms with Gasteiger partial charge in [-0.25, -0.2) is 0 Å². The Hall–Kier alpha value is -2.49. The first-order valence-electron chi connectivity index (χ1n) is 9.65. The van der Waals surface area contributed by atoms with Crippen molar-refractivity contribution in [3.8, 4) is 0 Å². The molecule has 1 saturated carbocycles. The van der Waals surface area contributed by atoms with Gasteiger partial charge in [0.05, 0.1) is 11.4 Å². The second-order valence-electron chi connectivity index (χ2n) is 7.84. The highest BCUT2D eigenvalue weighted by molar-refractivity contribution is 6.05. The third kappa shape index (κ3) is 2.39. The van der Waals surface area contributed by atoms with E-state index in [4.69, 9.17) is 0 Å². The zero-order chi connectivity index (χ0) is 17.8. The highest BCUT2D eigenvalue weighted by atomic mass is 16.2. The molecule has 134 valence electrons. The Morgan fingerprint density at radius 1 is 1.04 bits per heavy atom. The average Bonchev–Trinajstić information content (AvgIpc) is 3.41. The molecule has 26 heavy (non-hydrogen) atoms. The highest BCUT2D eigenvalue weighted by Crippen LogP contribution is 2.43. The van der Waals surface area contributed by atoms with Gasteiger partial charge in [0.15, 0.2) is 0 Å². The lowest BCUT2D eigenvalue weighted by atomic mass is 10.0. The standard InChI is InChI=1S/C22H25N3O/c1-15-22(26)23(2)20-10-7-16(13-21(20)25(15)18-8-9-18)14-24-12-11-17-5-3-4-6-19(17)24/h3-7,10,13,15,18H,8-9,11-12,14H2,1-2H3. The first-order valence-corrected chi connectivity index (χ1v) is 9.65. The van der Waals surface area contributed by atoms with Crippen molar-refractivity contribution < 1.29 is 4.79 Å². The fourth-order valence-electron chi connectivity index (χ4n) is 4.54. The predicted molar refractivity (Wildman–Crippen MR) is 106 cm³/mol. The van der Waals surface area contributed by atoms with Gasteiger partial charge >= 0.3 is 0 Å². The monoisotopic (exact) mass is 347 g/mol. The molecule has 1 amide bonds. The molecule has 1 aliphatic carbocycles. The van der Waals surface area contributed by atoms with Crippen LogP contribution in [-0.2, 0) is 17.8 Å². The number of likely N-dealkylation sites (N-methyl/N-ethyl adjacent to an activating group) is 1. The predicted octanol–water partition coefficient (Wildman–Crippen LogP) is 3.58. The number of hydrogen-bond acceptors (Lipinski definition) is 3. The SMILES string of the molecule is CC1C(=O)N(C)c2ccc(CN3CCc4ccccc43)cc2N1C1CC1. The molecule has 1 fully saturated rings. The Labute approximate surface area is 155 Å². The number of hydrogen-bond donors (Lipinski definition) is 0. The normalized spacial score (nSPS) is 21.8. The number of fused-ring (bicyclic) bond motifs is 2. The lowest BCUT2D eigenvalue weighted by Gasteiger charge is -2.41. The summed E-state index contributed by atoms with van der Waals surface area (Å²) in [4.78, 5) is 19.3. The molecule has 0 saturated heterocycles. The quantitative estimate of drug-likeness (QED) is 0.849. The number of benzene rings is 2. The maximum Gasteiger partial charge on any atom is 0.249 e. The molecule has 2 aromatic carbocycles. The fourth-order valence-corrected chi connectivity index (χ4v) is 4.54. The summed E-state index contributed by atoms with van der Waals surface area (Å²) < 4.78 is 0. The van der Waals surface area contributed by atoms with E-state index in [1.54, 1.807) is 0 Å². The van der Waals surface area contributed by atoms with Gasteiger partial charge in [0, 0.05) is 31.9 Å². The molecular formula is C22H25N3O. The van der Waals surface area contributed by atoms with Crippen molar-refractivity contribution in [2.75, 3.05) is 28.3 Å². The van der Waals surface area contributed by atoms with E-state index >= 15 is 0 Å². The summed E-state index contributed by atoms with van der Waals surface area (Å²) in [6.45, 7) is 4.05. The van der Waals surface area contributed by atoms with E-state index in [1.165, 1.54) is 35.3 Å². The molecule has 1 atom stereocenters. The summed E-state index contributed by atoms with van der Waals surface area (Å²) in [5.74, 6) is 0.200. The van der Waals surface area contributed by atoms with Gasteiger partial charge in [-0.1, -0.05) is 24.3 Å². The molecule has 2 aliphatic heterocycles. The van der Waals surface area contributed by atoms with Crippen molar-refractivity contribution in [3.63, 3.8) is 0 Å². The summed E-state index contributed by atoms with van der Waals surface area (Å²) in [5, 5.41) is 0. The van der Waals surface area contributed by atoms with Gasteiger partial charge in [0.25, 0.3) is 0 Å². The van der Waals surface area contributed by atoms with Crippen molar-refractivity contribution in [2.45, 2.75) is 44.8 Å². The van der Waals surface area contributed by atoms with Gasteiger partial charge in [0.1, 0.15) is 6.04 Å². The molecule has 4 nitrogen and oxygen atoms in total. The van der Waals surface area contributed by atoms with E-state index in [9.17, 15) is 4.79 Å². The third-order valence-corrected chi connectivity index (χ3v) is 6.08. The van der Waals surface area contributed by atoms with Gasteiger partial charge < -0.3 is 14.7 Å². The minimum Gasteiger partial charge on any atom is -0.367 e. The molecule has 3 aliphatic rings. The van der Waals surface area contributed by atoms with Gasteiger partial charge in [-0.05, 0) is 55.5 Å². The first-order chi connectivity index (χ1) is 12.6. The Bertz CT molecular complexity index is 873. The zero-order valence-corrected chi connectivity index (χ0v) is 15.5. The van der Waals surface area contributed by atoms with Crippen molar-refractivity contribution in [2.24, 2.45) is 0 Å². The molecule has 0 spiro atoms. The highest BCUT2D eigenvalue weighted by Gasteiger charge is 2.41. The molecule has 0 N–H and O–H groups in total. The van der Waals surface area contributed by atoms with Gasteiger partial charge in [0.2, 0.25) is 5.91 Å². The number of rotatable bonds is 3. The number of anilines is 3. The van der Waals surface area contributed by atoms with Crippen LogP contribution in [0.25, 0.3) is 0 Å². The summed E-state index contributed by atoms with van der Waals surface area (Å²) in [5.41, 5.74) is 6.41. The largest absolute Gasteiger partial charge is 0.367 e. The molecule has 2 aromatic rings. The van der Waals surface area contributed by atoms with Crippen LogP contribution in [0.5, 0.6) is 0 Å². The van der Waals surface area contributed by atoms with E-state index in [-0.39, 0.29) is 11.9 Å². The third-order valence-electron chi connectivity index (χ3n) is 6.08. The molecule has 2 heterocycles. The van der Waals surface area contributed by atoms with Crippen LogP contribution < -0.4 is 14.7 Å². The van der Waals surface area contributed by atoms with Gasteiger partial charge in [-0.2, -0.15) is 0 Å². The fraction of sp³-hybridized carbons (Fsp3) is 0.409. The van der Waals surface area contributed by atoms with Crippen LogP contribution in [0.4, 0.5) is 17.1 Å². The molecule has 1 unspecified atom stereocenters. The second kappa shape index (κ2) is 5.76. The van der Waals surface area contributed by atoms with E-state index < -0.39 is 0 Å². The molecule has 5 rings (SSSR count). The molecule has 0 radical (unpaired) electrons. The summed E-state index contributed by atoms with van der Waals surface area (Å²) in [7, 11) is 1.90. The molecule has 0 bridgehead atoms. The molecule has 4 heteroatoms. The van der Waals surface area contributed by atoms with Gasteiger partial charge in [-0.15, -0.1) is 0 Å². The van der Waals surface area contributed by atoms with E-state index in [2.05, 4.69) is 52.3 Å². The molecular weight excluding hydrogens is 322 g/mol. The number of carbonyl (C=O) groups is 1. The number of carbonyl (C=O) groups excluding carboxylic acids is 1. The lowest BCUT2D eigenvalue weighted by Crippen LogP contribution is -2.51. The summed E-state index contributed by atoms with van der Waals surface area (Å²) in [6, 6.07) is 15.8. The Morgan fingerprint density at radius 3 is 2.65 bits per heavy atom. The van der Waals surface area contributed by atoms with Gasteiger partial charge in [-0.3, -0.25) is 4.79 Å². The molecule has 0 aromatic heterocycles. The van der Waals surface area contributed by atoms with E-state index in [1.807, 2.05) is 18.9 Å². The smallest absolute Gasteiger partial charge is 0.249 e. The van der Waals surface area contributed by atoms with Crippen LogP contribution in [0.3, 0.4) is 0 Å².